The minimum atomic E-state index is -0.369. The lowest BCUT2D eigenvalue weighted by Crippen LogP contribution is -3.13. The van der Waals surface area contributed by atoms with Crippen molar-refractivity contribution in [3.63, 3.8) is 0 Å². The maximum atomic E-state index is 10.8. The monoisotopic (exact) mass is 289 g/mol. The molecule has 0 amide bonds. The number of nitrogens with one attached hydrogen (secondary N) is 1. The molecule has 0 bridgehead atoms. The second kappa shape index (κ2) is 5.81. The number of rotatable bonds is 4. The third-order valence-corrected chi connectivity index (χ3v) is 4.43. The van der Waals surface area contributed by atoms with E-state index in [-0.39, 0.29) is 10.6 Å². The molecule has 1 aromatic carbocycles. The molecule has 6 heteroatoms. The molecule has 1 saturated heterocycles. The summed E-state index contributed by atoms with van der Waals surface area (Å²) in [4.78, 5) is 16.7. The van der Waals surface area contributed by atoms with Crippen LogP contribution >= 0.6 is 0 Å². The van der Waals surface area contributed by atoms with Crippen molar-refractivity contribution in [1.82, 2.24) is 9.55 Å². The number of quaternary nitrogens is 1. The normalized spacial score (nSPS) is 16.4. The fraction of sp³-hybridized carbons (Fsp3) is 0.533. The summed E-state index contributed by atoms with van der Waals surface area (Å²) >= 11 is 0. The van der Waals surface area contributed by atoms with Crippen molar-refractivity contribution >= 4 is 16.7 Å². The van der Waals surface area contributed by atoms with Crippen molar-refractivity contribution in [2.75, 3.05) is 19.6 Å². The molecule has 1 aliphatic heterocycles. The summed E-state index contributed by atoms with van der Waals surface area (Å²) in [7, 11) is 1.99. The van der Waals surface area contributed by atoms with Crippen molar-refractivity contribution in [2.24, 2.45) is 7.05 Å². The van der Waals surface area contributed by atoms with Gasteiger partial charge in [0.25, 0.3) is 5.69 Å². The number of benzene rings is 1. The Bertz CT molecular complexity index is 659. The van der Waals surface area contributed by atoms with Gasteiger partial charge >= 0.3 is 0 Å². The molecule has 2 heterocycles. The van der Waals surface area contributed by atoms with Crippen LogP contribution in [-0.4, -0.2) is 34.1 Å². The van der Waals surface area contributed by atoms with Crippen LogP contribution in [0.3, 0.4) is 0 Å². The van der Waals surface area contributed by atoms with Crippen molar-refractivity contribution in [3.05, 3.63) is 34.1 Å². The summed E-state index contributed by atoms with van der Waals surface area (Å²) in [5, 5.41) is 10.8. The maximum absolute atomic E-state index is 10.8. The van der Waals surface area contributed by atoms with Gasteiger partial charge in [0, 0.05) is 19.2 Å². The van der Waals surface area contributed by atoms with Gasteiger partial charge < -0.3 is 9.47 Å². The van der Waals surface area contributed by atoms with Crippen LogP contribution in [0.1, 0.15) is 25.1 Å². The van der Waals surface area contributed by atoms with Crippen LogP contribution < -0.4 is 4.90 Å². The molecule has 1 fully saturated rings. The highest BCUT2D eigenvalue weighted by Gasteiger charge is 2.16. The first-order chi connectivity index (χ1) is 10.1. The van der Waals surface area contributed by atoms with E-state index in [1.54, 1.807) is 23.1 Å². The minimum absolute atomic E-state index is 0.105. The fourth-order valence-corrected chi connectivity index (χ4v) is 3.17. The average Bonchev–Trinajstić information content (AvgIpc) is 2.82. The molecule has 0 aliphatic carbocycles. The van der Waals surface area contributed by atoms with Gasteiger partial charge in [0.2, 0.25) is 0 Å². The van der Waals surface area contributed by atoms with Crippen molar-refractivity contribution in [1.29, 1.82) is 0 Å². The summed E-state index contributed by atoms with van der Waals surface area (Å²) in [6, 6.07) is 4.90. The van der Waals surface area contributed by atoms with E-state index in [2.05, 4.69) is 9.55 Å². The van der Waals surface area contributed by atoms with Crippen LogP contribution in [0.15, 0.2) is 18.2 Å². The van der Waals surface area contributed by atoms with Crippen LogP contribution in [-0.2, 0) is 13.5 Å². The number of nitrogens with zero attached hydrogens (tertiary/aromatic N) is 3. The molecule has 0 saturated carbocycles. The molecule has 112 valence electrons. The molecule has 0 spiro atoms. The van der Waals surface area contributed by atoms with Gasteiger partial charge in [-0.25, -0.2) is 4.98 Å². The molecule has 6 nitrogen and oxygen atoms in total. The second-order valence-corrected chi connectivity index (χ2v) is 5.83. The molecular formula is C15H21N4O2+. The van der Waals surface area contributed by atoms with Crippen LogP contribution in [0, 0.1) is 10.1 Å². The lowest BCUT2D eigenvalue weighted by atomic mass is 10.1. The van der Waals surface area contributed by atoms with Crippen molar-refractivity contribution in [2.45, 2.75) is 25.7 Å². The molecule has 2 aromatic rings. The van der Waals surface area contributed by atoms with E-state index >= 15 is 0 Å². The number of piperidine rings is 1. The van der Waals surface area contributed by atoms with E-state index in [4.69, 9.17) is 0 Å². The van der Waals surface area contributed by atoms with Gasteiger partial charge in [0.05, 0.1) is 42.0 Å². The van der Waals surface area contributed by atoms with Crippen LogP contribution in [0.4, 0.5) is 5.69 Å². The fourth-order valence-electron chi connectivity index (χ4n) is 3.17. The molecule has 3 rings (SSSR count). The number of hydrogen-bond donors (Lipinski definition) is 1. The highest BCUT2D eigenvalue weighted by atomic mass is 16.6. The Labute approximate surface area is 123 Å². The molecular weight excluding hydrogens is 268 g/mol. The molecule has 0 radical (unpaired) electrons. The van der Waals surface area contributed by atoms with E-state index in [0.717, 1.165) is 29.8 Å². The van der Waals surface area contributed by atoms with Crippen LogP contribution in [0.25, 0.3) is 11.0 Å². The Morgan fingerprint density at radius 1 is 1.33 bits per heavy atom. The van der Waals surface area contributed by atoms with Gasteiger partial charge in [-0.1, -0.05) is 0 Å². The van der Waals surface area contributed by atoms with Crippen LogP contribution in [0.2, 0.25) is 0 Å². The van der Waals surface area contributed by atoms with Gasteiger partial charge in [-0.3, -0.25) is 10.1 Å². The highest BCUT2D eigenvalue weighted by molar-refractivity contribution is 5.78. The molecule has 1 aromatic heterocycles. The van der Waals surface area contributed by atoms with Gasteiger partial charge in [-0.05, 0) is 25.3 Å². The minimum Gasteiger partial charge on any atom is -0.335 e. The largest absolute Gasteiger partial charge is 0.335 e. The molecule has 0 atom stereocenters. The van der Waals surface area contributed by atoms with E-state index < -0.39 is 0 Å². The van der Waals surface area contributed by atoms with Gasteiger partial charge in [0.15, 0.2) is 0 Å². The molecule has 0 unspecified atom stereocenters. The highest BCUT2D eigenvalue weighted by Crippen LogP contribution is 2.21. The third kappa shape index (κ3) is 2.90. The lowest BCUT2D eigenvalue weighted by Gasteiger charge is -2.23. The quantitative estimate of drug-likeness (QED) is 0.677. The van der Waals surface area contributed by atoms with Crippen molar-refractivity contribution in [3.8, 4) is 0 Å². The van der Waals surface area contributed by atoms with E-state index in [9.17, 15) is 10.1 Å². The van der Waals surface area contributed by atoms with Gasteiger partial charge in [0.1, 0.15) is 5.82 Å². The van der Waals surface area contributed by atoms with Gasteiger partial charge in [-0.2, -0.15) is 0 Å². The maximum Gasteiger partial charge on any atom is 0.271 e. The topological polar surface area (TPSA) is 65.4 Å². The van der Waals surface area contributed by atoms with E-state index in [0.29, 0.717) is 0 Å². The number of nitro groups is 1. The summed E-state index contributed by atoms with van der Waals surface area (Å²) in [6.45, 7) is 3.62. The number of imidazole rings is 1. The van der Waals surface area contributed by atoms with Crippen LogP contribution in [0.5, 0.6) is 0 Å². The number of nitro benzene ring substituents is 1. The first-order valence-corrected chi connectivity index (χ1v) is 7.58. The number of aromatic nitrogens is 2. The number of aryl methyl sites for hydroxylation is 1. The Morgan fingerprint density at radius 3 is 2.81 bits per heavy atom. The zero-order valence-electron chi connectivity index (χ0n) is 12.3. The number of fused-ring (bicyclic) bond motifs is 1. The SMILES string of the molecule is Cn1c(CC[NH+]2CCCCC2)nc2cc([N+](=O)[O-])ccc21. The summed E-state index contributed by atoms with van der Waals surface area (Å²) in [6.07, 6.45) is 4.93. The Hall–Kier alpha value is -1.95. The standard InChI is InChI=1S/C15H20N4O2/c1-17-14-6-5-12(19(20)21)11-13(14)16-15(17)7-10-18-8-3-2-4-9-18/h5-6,11H,2-4,7-10H2,1H3/p+1. The number of likely N-dealkylation sites (tertiary alicyclic amines) is 1. The average molecular weight is 289 g/mol. The summed E-state index contributed by atoms with van der Waals surface area (Å²) in [5.41, 5.74) is 1.79. The zero-order chi connectivity index (χ0) is 14.8. The smallest absolute Gasteiger partial charge is 0.271 e. The number of non-ortho nitro benzene ring substituents is 1. The number of hydrogen-bond acceptors (Lipinski definition) is 3. The van der Waals surface area contributed by atoms with E-state index in [1.807, 2.05) is 7.05 Å². The predicted octanol–water partition coefficient (Wildman–Crippen LogP) is 1.09. The predicted molar refractivity (Wildman–Crippen MR) is 80.5 cm³/mol. The molecule has 1 aliphatic rings. The third-order valence-electron chi connectivity index (χ3n) is 4.43. The van der Waals surface area contributed by atoms with Gasteiger partial charge in [-0.15, -0.1) is 0 Å². The first-order valence-electron chi connectivity index (χ1n) is 7.58. The molecule has 21 heavy (non-hydrogen) atoms. The molecule has 1 N–H and O–H groups in total. The lowest BCUT2D eigenvalue weighted by molar-refractivity contribution is -0.904. The Balaban J connectivity index is 1.78. The second-order valence-electron chi connectivity index (χ2n) is 5.83. The summed E-state index contributed by atoms with van der Waals surface area (Å²) in [5.74, 6) is 1.02. The Morgan fingerprint density at radius 2 is 2.10 bits per heavy atom. The summed E-state index contributed by atoms with van der Waals surface area (Å²) < 4.78 is 2.06. The zero-order valence-corrected chi connectivity index (χ0v) is 12.3. The Kier molecular flexibility index (Phi) is 3.88. The van der Waals surface area contributed by atoms with E-state index in [1.165, 1.54) is 32.4 Å². The first kappa shape index (κ1) is 14.0. The van der Waals surface area contributed by atoms with Crippen molar-refractivity contribution < 1.29 is 9.82 Å².